The first kappa shape index (κ1) is 13.8. The maximum absolute atomic E-state index is 12.0. The Hall–Kier alpha value is -1.64. The molecule has 0 saturated heterocycles. The lowest BCUT2D eigenvalue weighted by molar-refractivity contribution is 0.581. The van der Waals surface area contributed by atoms with Gasteiger partial charge in [0, 0.05) is 18.7 Å². The van der Waals surface area contributed by atoms with Crippen molar-refractivity contribution in [2.45, 2.75) is 11.3 Å². The molecule has 7 nitrogen and oxygen atoms in total. The molecule has 0 aliphatic heterocycles. The monoisotopic (exact) mass is 301 g/mol. The number of aromatic amines is 1. The topological polar surface area (TPSA) is 114 Å². The predicted octanol–water partition coefficient (Wildman–Crippen LogP) is 0.561. The summed E-state index contributed by atoms with van der Waals surface area (Å²) in [6, 6.07) is 4.25. The number of benzene rings is 1. The molecular weight excluding hydrogens is 290 g/mol. The van der Waals surface area contributed by atoms with E-state index in [-0.39, 0.29) is 16.5 Å². The predicted molar refractivity (Wildman–Crippen MR) is 71.1 cm³/mol. The smallest absolute Gasteiger partial charge is 0.242 e. The van der Waals surface area contributed by atoms with E-state index in [9.17, 15) is 8.42 Å². The number of hydrogen-bond donors (Lipinski definition) is 3. The van der Waals surface area contributed by atoms with E-state index in [1.807, 2.05) is 0 Å². The van der Waals surface area contributed by atoms with Crippen LogP contribution in [0.2, 0.25) is 5.02 Å². The first-order valence-corrected chi connectivity index (χ1v) is 7.24. The molecule has 0 aliphatic carbocycles. The first-order chi connectivity index (χ1) is 8.99. The highest BCUT2D eigenvalue weighted by Crippen LogP contribution is 2.23. The van der Waals surface area contributed by atoms with Crippen LogP contribution in [0.5, 0.6) is 0 Å². The van der Waals surface area contributed by atoms with Gasteiger partial charge in [-0.3, -0.25) is 5.10 Å². The average molecular weight is 302 g/mol. The molecule has 19 heavy (non-hydrogen) atoms. The maximum Gasteiger partial charge on any atom is 0.242 e. The van der Waals surface area contributed by atoms with E-state index in [4.69, 9.17) is 17.3 Å². The molecule has 0 radical (unpaired) electrons. The zero-order valence-corrected chi connectivity index (χ0v) is 11.4. The fraction of sp³-hybridized carbons (Fsp3) is 0.200. The van der Waals surface area contributed by atoms with E-state index in [0.29, 0.717) is 17.9 Å². The van der Waals surface area contributed by atoms with Crippen molar-refractivity contribution < 1.29 is 8.42 Å². The molecule has 1 aromatic heterocycles. The molecule has 4 N–H and O–H groups in total. The second kappa shape index (κ2) is 5.55. The zero-order valence-electron chi connectivity index (χ0n) is 9.80. The zero-order chi connectivity index (χ0) is 13.9. The lowest BCUT2D eigenvalue weighted by atomic mass is 10.3. The Morgan fingerprint density at radius 1 is 1.42 bits per heavy atom. The number of nitrogens with two attached hydrogens (primary N) is 1. The molecule has 2 rings (SSSR count). The standard InChI is InChI=1S/C10H12ClN5O2S/c11-8-5-7(12)1-2-9(8)19(17,18)15-4-3-10-13-6-14-16-10/h1-2,5-6,15H,3-4,12H2,(H,13,14,16). The van der Waals surface area contributed by atoms with Gasteiger partial charge in [-0.15, -0.1) is 0 Å². The van der Waals surface area contributed by atoms with Crippen LogP contribution in [0, 0.1) is 0 Å². The number of sulfonamides is 1. The molecular formula is C10H12ClN5O2S. The number of H-pyrrole nitrogens is 1. The van der Waals surface area contributed by atoms with E-state index in [1.54, 1.807) is 0 Å². The number of nitrogens with zero attached hydrogens (tertiary/aromatic N) is 2. The SMILES string of the molecule is Nc1ccc(S(=O)(=O)NCCc2ncn[nH]2)c(Cl)c1. The van der Waals surface area contributed by atoms with Crippen molar-refractivity contribution in [3.05, 3.63) is 35.4 Å². The van der Waals surface area contributed by atoms with Gasteiger partial charge in [-0.2, -0.15) is 5.10 Å². The van der Waals surface area contributed by atoms with Gasteiger partial charge < -0.3 is 5.73 Å². The Labute approximate surface area is 115 Å². The highest BCUT2D eigenvalue weighted by atomic mass is 35.5. The van der Waals surface area contributed by atoms with Crippen molar-refractivity contribution in [1.29, 1.82) is 0 Å². The molecule has 0 atom stereocenters. The quantitative estimate of drug-likeness (QED) is 0.698. The molecule has 9 heteroatoms. The molecule has 1 heterocycles. The maximum atomic E-state index is 12.0. The summed E-state index contributed by atoms with van der Waals surface area (Å²) in [5.74, 6) is 0.603. The van der Waals surface area contributed by atoms with Crippen molar-refractivity contribution in [1.82, 2.24) is 19.9 Å². The summed E-state index contributed by atoms with van der Waals surface area (Å²) in [5.41, 5.74) is 5.92. The van der Waals surface area contributed by atoms with Crippen LogP contribution >= 0.6 is 11.6 Å². The Morgan fingerprint density at radius 2 is 2.21 bits per heavy atom. The number of aromatic nitrogens is 3. The normalized spacial score (nSPS) is 11.6. The summed E-state index contributed by atoms with van der Waals surface area (Å²) in [4.78, 5) is 3.89. The average Bonchev–Trinajstić information content (AvgIpc) is 2.81. The Kier molecular flexibility index (Phi) is 4.03. The van der Waals surface area contributed by atoms with Gasteiger partial charge in [-0.25, -0.2) is 18.1 Å². The van der Waals surface area contributed by atoms with Crippen molar-refractivity contribution >= 4 is 27.3 Å². The number of rotatable bonds is 5. The van der Waals surface area contributed by atoms with E-state index >= 15 is 0 Å². The van der Waals surface area contributed by atoms with Crippen LogP contribution < -0.4 is 10.5 Å². The highest BCUT2D eigenvalue weighted by Gasteiger charge is 2.17. The second-order valence-electron chi connectivity index (χ2n) is 3.77. The van der Waals surface area contributed by atoms with Crippen LogP contribution in [0.25, 0.3) is 0 Å². The van der Waals surface area contributed by atoms with Crippen molar-refractivity contribution in [2.24, 2.45) is 0 Å². The van der Waals surface area contributed by atoms with Gasteiger partial charge in [0.05, 0.1) is 5.02 Å². The van der Waals surface area contributed by atoms with Crippen LogP contribution in [0.1, 0.15) is 5.82 Å². The Balaban J connectivity index is 2.05. The van der Waals surface area contributed by atoms with Crippen LogP contribution in [-0.2, 0) is 16.4 Å². The first-order valence-electron chi connectivity index (χ1n) is 5.38. The minimum absolute atomic E-state index is 0.000867. The Bertz CT molecular complexity index is 657. The summed E-state index contributed by atoms with van der Waals surface area (Å²) >= 11 is 5.86. The lowest BCUT2D eigenvalue weighted by Gasteiger charge is -2.08. The fourth-order valence-electron chi connectivity index (χ4n) is 1.47. The van der Waals surface area contributed by atoms with Gasteiger partial charge in [0.1, 0.15) is 17.0 Å². The minimum Gasteiger partial charge on any atom is -0.399 e. The molecule has 1 aromatic carbocycles. The summed E-state index contributed by atoms with van der Waals surface area (Å²) in [5, 5.41) is 6.40. The number of anilines is 1. The van der Waals surface area contributed by atoms with Crippen LogP contribution in [0.15, 0.2) is 29.4 Å². The number of halogens is 1. The fourth-order valence-corrected chi connectivity index (χ4v) is 3.05. The summed E-state index contributed by atoms with van der Waals surface area (Å²) in [6.07, 6.45) is 1.77. The third-order valence-corrected chi connectivity index (χ3v) is 4.31. The van der Waals surface area contributed by atoms with Crippen molar-refractivity contribution in [3.8, 4) is 0 Å². The highest BCUT2D eigenvalue weighted by molar-refractivity contribution is 7.89. The van der Waals surface area contributed by atoms with Gasteiger partial charge in [0.2, 0.25) is 10.0 Å². The lowest BCUT2D eigenvalue weighted by Crippen LogP contribution is -2.26. The molecule has 0 unspecified atom stereocenters. The number of nitrogens with one attached hydrogen (secondary N) is 2. The summed E-state index contributed by atoms with van der Waals surface area (Å²) < 4.78 is 26.5. The number of hydrogen-bond acceptors (Lipinski definition) is 5. The van der Waals surface area contributed by atoms with Gasteiger partial charge in [-0.05, 0) is 18.2 Å². The molecule has 0 amide bonds. The largest absolute Gasteiger partial charge is 0.399 e. The van der Waals surface area contributed by atoms with Crippen LogP contribution in [0.4, 0.5) is 5.69 Å². The molecule has 2 aromatic rings. The molecule has 102 valence electrons. The van der Waals surface area contributed by atoms with E-state index < -0.39 is 10.0 Å². The van der Waals surface area contributed by atoms with E-state index in [1.165, 1.54) is 24.5 Å². The van der Waals surface area contributed by atoms with Crippen LogP contribution in [-0.4, -0.2) is 30.1 Å². The third kappa shape index (κ3) is 3.43. The summed E-state index contributed by atoms with van der Waals surface area (Å²) in [6.45, 7) is 0.193. The minimum atomic E-state index is -3.66. The third-order valence-electron chi connectivity index (χ3n) is 2.36. The molecule has 0 aliphatic rings. The van der Waals surface area contributed by atoms with E-state index in [2.05, 4.69) is 19.9 Å². The molecule has 0 bridgehead atoms. The van der Waals surface area contributed by atoms with Gasteiger partial charge >= 0.3 is 0 Å². The van der Waals surface area contributed by atoms with E-state index in [0.717, 1.165) is 0 Å². The second-order valence-corrected chi connectivity index (χ2v) is 5.91. The molecule has 0 saturated carbocycles. The Morgan fingerprint density at radius 3 is 2.84 bits per heavy atom. The van der Waals surface area contributed by atoms with Gasteiger partial charge in [0.25, 0.3) is 0 Å². The van der Waals surface area contributed by atoms with Crippen molar-refractivity contribution in [2.75, 3.05) is 12.3 Å². The summed E-state index contributed by atoms with van der Waals surface area (Å²) in [7, 11) is -3.66. The molecule has 0 fully saturated rings. The van der Waals surface area contributed by atoms with Gasteiger partial charge in [-0.1, -0.05) is 11.6 Å². The molecule has 0 spiro atoms. The van der Waals surface area contributed by atoms with Gasteiger partial charge in [0.15, 0.2) is 0 Å². The van der Waals surface area contributed by atoms with Crippen LogP contribution in [0.3, 0.4) is 0 Å². The number of nitrogen functional groups attached to an aromatic ring is 1. The van der Waals surface area contributed by atoms with Crippen molar-refractivity contribution in [3.63, 3.8) is 0 Å².